The van der Waals surface area contributed by atoms with E-state index in [9.17, 15) is 0 Å². The first-order valence-electron chi connectivity index (χ1n) is 3.40. The molecule has 1 fully saturated rings. The largest absolute Gasteiger partial charge is 0.305 e. The Kier molecular flexibility index (Phi) is 2.32. The minimum Gasteiger partial charge on any atom is -0.305 e. The van der Waals surface area contributed by atoms with Crippen LogP contribution in [0.25, 0.3) is 10.4 Å². The number of nitriles is 1. The van der Waals surface area contributed by atoms with Crippen molar-refractivity contribution in [3.05, 3.63) is 10.4 Å². The van der Waals surface area contributed by atoms with Crippen LogP contribution in [0.5, 0.6) is 0 Å². The fourth-order valence-electron chi connectivity index (χ4n) is 1.29. The predicted octanol–water partition coefficient (Wildman–Crippen LogP) is 0.750. The van der Waals surface area contributed by atoms with Gasteiger partial charge in [0.15, 0.2) is 0 Å². The number of likely N-dealkylation sites (N-methyl/N-ethyl adjacent to an activating group) is 1. The molecule has 5 heteroatoms. The fourth-order valence-corrected chi connectivity index (χ4v) is 1.29. The van der Waals surface area contributed by atoms with Gasteiger partial charge in [-0.15, -0.1) is 0 Å². The molecule has 1 heterocycles. The fraction of sp³-hybridized carbons (Fsp3) is 0.833. The smallest absolute Gasteiger partial charge is 0.0687 e. The number of azide groups is 1. The molecule has 0 N–H and O–H groups in total. The van der Waals surface area contributed by atoms with Crippen molar-refractivity contribution in [2.24, 2.45) is 11.0 Å². The summed E-state index contributed by atoms with van der Waals surface area (Å²) in [5.74, 6) is -0.129. The summed E-state index contributed by atoms with van der Waals surface area (Å²) >= 11 is 0. The van der Waals surface area contributed by atoms with Crippen molar-refractivity contribution in [1.29, 1.82) is 5.26 Å². The Morgan fingerprint density at radius 2 is 2.45 bits per heavy atom. The van der Waals surface area contributed by atoms with E-state index >= 15 is 0 Å². The Morgan fingerprint density at radius 3 is 3.00 bits per heavy atom. The number of rotatable bonds is 1. The van der Waals surface area contributed by atoms with E-state index in [1.54, 1.807) is 0 Å². The third kappa shape index (κ3) is 1.61. The molecule has 2 atom stereocenters. The van der Waals surface area contributed by atoms with Crippen LogP contribution >= 0.6 is 0 Å². The number of likely N-dealkylation sites (tertiary alicyclic amines) is 1. The molecule has 0 aromatic carbocycles. The molecule has 0 aromatic heterocycles. The molecule has 0 aromatic rings. The summed E-state index contributed by atoms with van der Waals surface area (Å²) in [7, 11) is 1.91. The van der Waals surface area contributed by atoms with Crippen LogP contribution in [0.1, 0.15) is 0 Å². The lowest BCUT2D eigenvalue weighted by Gasteiger charge is -2.02. The molecular weight excluding hydrogens is 142 g/mol. The van der Waals surface area contributed by atoms with Crippen molar-refractivity contribution in [3.63, 3.8) is 0 Å². The van der Waals surface area contributed by atoms with Crippen LogP contribution in [0.2, 0.25) is 0 Å². The van der Waals surface area contributed by atoms with Crippen LogP contribution in [0.4, 0.5) is 0 Å². The van der Waals surface area contributed by atoms with Crippen molar-refractivity contribution in [2.45, 2.75) is 6.04 Å². The summed E-state index contributed by atoms with van der Waals surface area (Å²) in [4.78, 5) is 4.69. The van der Waals surface area contributed by atoms with E-state index in [4.69, 9.17) is 10.8 Å². The number of hydrogen-bond acceptors (Lipinski definition) is 3. The maximum atomic E-state index is 8.62. The quantitative estimate of drug-likeness (QED) is 0.315. The first-order chi connectivity index (χ1) is 5.27. The first kappa shape index (κ1) is 7.86. The SMILES string of the molecule is CN1CC(C#N)C(N=[N+]=[N-])C1. The monoisotopic (exact) mass is 151 g/mol. The molecule has 1 aliphatic heterocycles. The lowest BCUT2D eigenvalue weighted by Crippen LogP contribution is -2.15. The normalized spacial score (nSPS) is 30.9. The van der Waals surface area contributed by atoms with Crippen molar-refractivity contribution in [1.82, 2.24) is 4.90 Å². The Hall–Kier alpha value is -1.24. The van der Waals surface area contributed by atoms with Gasteiger partial charge in [-0.3, -0.25) is 0 Å². The molecular formula is C6H9N5. The second-order valence-corrected chi connectivity index (χ2v) is 2.73. The second kappa shape index (κ2) is 3.24. The molecule has 0 bridgehead atoms. The van der Waals surface area contributed by atoms with Crippen molar-refractivity contribution in [2.75, 3.05) is 20.1 Å². The molecule has 0 spiro atoms. The zero-order valence-electron chi connectivity index (χ0n) is 6.30. The third-order valence-corrected chi connectivity index (χ3v) is 1.84. The summed E-state index contributed by atoms with van der Waals surface area (Å²) in [6.45, 7) is 1.41. The molecule has 1 rings (SSSR count). The molecule has 58 valence electrons. The molecule has 0 radical (unpaired) electrons. The van der Waals surface area contributed by atoms with E-state index < -0.39 is 0 Å². The first-order valence-corrected chi connectivity index (χ1v) is 3.40. The van der Waals surface area contributed by atoms with Crippen LogP contribution in [-0.2, 0) is 0 Å². The van der Waals surface area contributed by atoms with Gasteiger partial charge in [0.05, 0.1) is 18.0 Å². The van der Waals surface area contributed by atoms with E-state index in [2.05, 4.69) is 16.1 Å². The molecule has 2 unspecified atom stereocenters. The Bertz CT molecular complexity index is 224. The molecule has 0 aliphatic carbocycles. The predicted molar refractivity (Wildman–Crippen MR) is 39.5 cm³/mol. The Balaban J connectivity index is 2.66. The van der Waals surface area contributed by atoms with Gasteiger partial charge in [-0.25, -0.2) is 0 Å². The van der Waals surface area contributed by atoms with Gasteiger partial charge in [0, 0.05) is 18.0 Å². The standard InChI is InChI=1S/C6H9N5/c1-11-3-5(2-7)6(4-11)9-10-8/h5-6H,3-4H2,1H3. The van der Waals surface area contributed by atoms with E-state index in [1.165, 1.54) is 0 Å². The highest BCUT2D eigenvalue weighted by Crippen LogP contribution is 2.17. The van der Waals surface area contributed by atoms with Crippen molar-refractivity contribution in [3.8, 4) is 6.07 Å². The second-order valence-electron chi connectivity index (χ2n) is 2.73. The van der Waals surface area contributed by atoms with Crippen LogP contribution in [-0.4, -0.2) is 31.1 Å². The zero-order chi connectivity index (χ0) is 8.27. The zero-order valence-corrected chi connectivity index (χ0v) is 6.30. The van der Waals surface area contributed by atoms with Crippen LogP contribution < -0.4 is 0 Å². The summed E-state index contributed by atoms with van der Waals surface area (Å²) in [5.41, 5.74) is 8.16. The van der Waals surface area contributed by atoms with Gasteiger partial charge in [-0.1, -0.05) is 5.11 Å². The summed E-state index contributed by atoms with van der Waals surface area (Å²) in [6.07, 6.45) is 0. The topological polar surface area (TPSA) is 75.8 Å². The molecule has 1 saturated heterocycles. The lowest BCUT2D eigenvalue weighted by atomic mass is 10.1. The highest BCUT2D eigenvalue weighted by molar-refractivity contribution is 4.99. The molecule has 1 aliphatic rings. The van der Waals surface area contributed by atoms with Gasteiger partial charge in [0.25, 0.3) is 0 Å². The van der Waals surface area contributed by atoms with Crippen molar-refractivity contribution < 1.29 is 0 Å². The maximum absolute atomic E-state index is 8.62. The average molecular weight is 151 g/mol. The lowest BCUT2D eigenvalue weighted by molar-refractivity contribution is 0.406. The minimum absolute atomic E-state index is 0.129. The van der Waals surface area contributed by atoms with Crippen LogP contribution in [0.15, 0.2) is 5.11 Å². The number of nitrogens with zero attached hydrogens (tertiary/aromatic N) is 5. The molecule has 11 heavy (non-hydrogen) atoms. The van der Waals surface area contributed by atoms with E-state index in [-0.39, 0.29) is 12.0 Å². The van der Waals surface area contributed by atoms with Gasteiger partial charge >= 0.3 is 0 Å². The Morgan fingerprint density at radius 1 is 1.73 bits per heavy atom. The minimum atomic E-state index is -0.157. The van der Waals surface area contributed by atoms with Gasteiger partial charge in [-0.2, -0.15) is 5.26 Å². The van der Waals surface area contributed by atoms with Crippen LogP contribution in [0, 0.1) is 17.2 Å². The summed E-state index contributed by atoms with van der Waals surface area (Å²) < 4.78 is 0. The van der Waals surface area contributed by atoms with Gasteiger partial charge < -0.3 is 4.90 Å². The van der Waals surface area contributed by atoms with Gasteiger partial charge in [0.1, 0.15) is 0 Å². The maximum Gasteiger partial charge on any atom is 0.0687 e. The summed E-state index contributed by atoms with van der Waals surface area (Å²) in [5, 5.41) is 12.2. The van der Waals surface area contributed by atoms with Gasteiger partial charge in [0.2, 0.25) is 0 Å². The molecule has 5 nitrogen and oxygen atoms in total. The van der Waals surface area contributed by atoms with Gasteiger partial charge in [-0.05, 0) is 12.6 Å². The van der Waals surface area contributed by atoms with Crippen molar-refractivity contribution >= 4 is 0 Å². The average Bonchev–Trinajstić information content (AvgIpc) is 2.32. The van der Waals surface area contributed by atoms with E-state index in [0.717, 1.165) is 0 Å². The summed E-state index contributed by atoms with van der Waals surface area (Å²) in [6, 6.07) is 1.97. The third-order valence-electron chi connectivity index (χ3n) is 1.84. The molecule has 0 amide bonds. The van der Waals surface area contributed by atoms with Crippen LogP contribution in [0.3, 0.4) is 0 Å². The van der Waals surface area contributed by atoms with E-state index in [0.29, 0.717) is 13.1 Å². The van der Waals surface area contributed by atoms with E-state index in [1.807, 2.05) is 11.9 Å². The number of hydrogen-bond donors (Lipinski definition) is 0. The Labute approximate surface area is 64.8 Å². The highest BCUT2D eigenvalue weighted by Gasteiger charge is 2.29. The molecule has 0 saturated carbocycles. The highest BCUT2D eigenvalue weighted by atomic mass is 15.2.